The molecule has 6 heteroatoms. The summed E-state index contributed by atoms with van der Waals surface area (Å²) in [6, 6.07) is 15.7. The van der Waals surface area contributed by atoms with Crippen molar-refractivity contribution in [2.75, 3.05) is 10.8 Å². The van der Waals surface area contributed by atoms with Gasteiger partial charge in [0.1, 0.15) is 5.75 Å². The summed E-state index contributed by atoms with van der Waals surface area (Å²) in [7, 11) is -3.81. The Morgan fingerprint density at radius 3 is 2.52 bits per heavy atom. The lowest BCUT2D eigenvalue weighted by molar-refractivity contribution is 0.165. The first-order valence-electron chi connectivity index (χ1n) is 8.91. The van der Waals surface area contributed by atoms with Crippen LogP contribution in [0.4, 0.5) is 5.69 Å². The zero-order valence-electron chi connectivity index (χ0n) is 15.0. The molecule has 0 aliphatic carbocycles. The Kier molecular flexibility index (Phi) is 4.32. The molecule has 3 aromatic rings. The van der Waals surface area contributed by atoms with E-state index in [1.807, 2.05) is 19.1 Å². The molecule has 0 bridgehead atoms. The quantitative estimate of drug-likeness (QED) is 0.704. The molecule has 1 heterocycles. The number of aliphatic hydroxyl groups excluding tert-OH is 1. The van der Waals surface area contributed by atoms with Gasteiger partial charge >= 0.3 is 0 Å². The average Bonchev–Trinajstić information content (AvgIpc) is 2.81. The highest BCUT2D eigenvalue weighted by Gasteiger charge is 2.33. The second-order valence-corrected chi connectivity index (χ2v) is 8.79. The van der Waals surface area contributed by atoms with Gasteiger partial charge in [0.05, 0.1) is 16.7 Å². The van der Waals surface area contributed by atoms with Crippen LogP contribution in [0, 0.1) is 6.92 Å². The van der Waals surface area contributed by atoms with Gasteiger partial charge in [-0.15, -0.1) is 0 Å². The molecule has 1 atom stereocenters. The van der Waals surface area contributed by atoms with Crippen LogP contribution in [0.1, 0.15) is 30.1 Å². The van der Waals surface area contributed by atoms with Crippen LogP contribution in [0.3, 0.4) is 0 Å². The van der Waals surface area contributed by atoms with Gasteiger partial charge in [0.15, 0.2) is 0 Å². The van der Waals surface area contributed by atoms with Gasteiger partial charge < -0.3 is 10.2 Å². The molecule has 3 aromatic carbocycles. The Balaban J connectivity index is 1.96. The molecule has 2 N–H and O–H groups in total. The second kappa shape index (κ2) is 6.55. The van der Waals surface area contributed by atoms with Gasteiger partial charge in [-0.3, -0.25) is 4.31 Å². The smallest absolute Gasteiger partial charge is 0.264 e. The Labute approximate surface area is 158 Å². The van der Waals surface area contributed by atoms with Gasteiger partial charge in [-0.25, -0.2) is 8.42 Å². The highest BCUT2D eigenvalue weighted by Crippen LogP contribution is 2.44. The van der Waals surface area contributed by atoms with Gasteiger partial charge in [0.2, 0.25) is 0 Å². The van der Waals surface area contributed by atoms with Crippen molar-refractivity contribution in [2.45, 2.75) is 30.8 Å². The Bertz CT molecular complexity index is 1110. The number of aliphatic hydroxyl groups is 1. The van der Waals surface area contributed by atoms with Crippen molar-refractivity contribution >= 4 is 26.5 Å². The molecule has 27 heavy (non-hydrogen) atoms. The number of aromatic hydroxyl groups is 1. The summed E-state index contributed by atoms with van der Waals surface area (Å²) in [5.74, 6) is -0.0541. The molecule has 0 amide bonds. The van der Waals surface area contributed by atoms with Crippen molar-refractivity contribution in [3.05, 3.63) is 65.7 Å². The summed E-state index contributed by atoms with van der Waals surface area (Å²) < 4.78 is 28.0. The fourth-order valence-electron chi connectivity index (χ4n) is 3.64. The molecule has 0 aromatic heterocycles. The molecule has 0 saturated carbocycles. The molecule has 1 aliphatic heterocycles. The third-order valence-corrected chi connectivity index (χ3v) is 6.92. The minimum Gasteiger partial charge on any atom is -0.507 e. The van der Waals surface area contributed by atoms with E-state index in [-0.39, 0.29) is 22.8 Å². The normalized spacial score (nSPS) is 17.6. The molecule has 0 fully saturated rings. The van der Waals surface area contributed by atoms with Crippen LogP contribution in [-0.4, -0.2) is 25.2 Å². The molecular formula is C21H21NO4S. The van der Waals surface area contributed by atoms with E-state index >= 15 is 0 Å². The number of benzene rings is 3. The zero-order valence-corrected chi connectivity index (χ0v) is 15.8. The van der Waals surface area contributed by atoms with E-state index in [0.717, 1.165) is 10.9 Å². The van der Waals surface area contributed by atoms with Gasteiger partial charge in [-0.1, -0.05) is 42.0 Å². The van der Waals surface area contributed by atoms with Crippen LogP contribution >= 0.6 is 0 Å². The number of phenolic OH excluding ortho intramolecular Hbond substituents is 1. The van der Waals surface area contributed by atoms with Crippen LogP contribution in [-0.2, 0) is 10.0 Å². The molecule has 0 radical (unpaired) electrons. The summed E-state index contributed by atoms with van der Waals surface area (Å²) in [6.45, 7) is 2.15. The molecule has 0 spiro atoms. The summed E-state index contributed by atoms with van der Waals surface area (Å²) in [6.07, 6.45) is -0.0296. The highest BCUT2D eigenvalue weighted by molar-refractivity contribution is 7.92. The molecule has 4 rings (SSSR count). The minimum atomic E-state index is -3.81. The number of aryl methyl sites for hydroxylation is 1. The first-order chi connectivity index (χ1) is 12.9. The third-order valence-electron chi connectivity index (χ3n) is 5.09. The molecular weight excluding hydrogens is 362 g/mol. The van der Waals surface area contributed by atoms with Gasteiger partial charge in [0, 0.05) is 17.5 Å². The van der Waals surface area contributed by atoms with E-state index in [9.17, 15) is 18.6 Å². The minimum absolute atomic E-state index is 0.0541. The van der Waals surface area contributed by atoms with E-state index in [1.54, 1.807) is 42.5 Å². The van der Waals surface area contributed by atoms with E-state index in [4.69, 9.17) is 0 Å². The lowest BCUT2D eigenvalue weighted by Gasteiger charge is -2.26. The predicted octanol–water partition coefficient (Wildman–Crippen LogP) is 3.88. The maximum absolute atomic E-state index is 13.3. The standard InChI is InChI=1S/C21H21NO4S/c1-14-8-10-16(11-9-14)27(25,26)22-12-4-7-19(23)20-18(22)13-15-5-2-3-6-17(15)21(20)24/h2-3,5-6,8-11,13,19,23-24H,4,7,12H2,1H3/t19-/m0/s1. The highest BCUT2D eigenvalue weighted by atomic mass is 32.2. The molecule has 140 valence electrons. The van der Waals surface area contributed by atoms with Crippen LogP contribution in [0.5, 0.6) is 5.75 Å². The first-order valence-corrected chi connectivity index (χ1v) is 10.4. The van der Waals surface area contributed by atoms with Crippen molar-refractivity contribution in [3.8, 4) is 5.75 Å². The lowest BCUT2D eigenvalue weighted by atomic mass is 9.98. The van der Waals surface area contributed by atoms with E-state index in [1.165, 1.54) is 4.31 Å². The maximum Gasteiger partial charge on any atom is 0.264 e. The van der Waals surface area contributed by atoms with Crippen molar-refractivity contribution in [1.29, 1.82) is 0 Å². The number of nitrogens with zero attached hydrogens (tertiary/aromatic N) is 1. The lowest BCUT2D eigenvalue weighted by Crippen LogP contribution is -2.32. The molecule has 0 saturated heterocycles. The summed E-state index contributed by atoms with van der Waals surface area (Å²) in [5, 5.41) is 22.7. The largest absolute Gasteiger partial charge is 0.507 e. The van der Waals surface area contributed by atoms with E-state index in [2.05, 4.69) is 0 Å². The summed E-state index contributed by atoms with van der Waals surface area (Å²) in [5.41, 5.74) is 1.60. The van der Waals surface area contributed by atoms with Gasteiger partial charge in [-0.05, 0) is 43.4 Å². The Morgan fingerprint density at radius 1 is 1.07 bits per heavy atom. The molecule has 0 unspecified atom stereocenters. The maximum atomic E-state index is 13.3. The van der Waals surface area contributed by atoms with Crippen LogP contribution in [0.25, 0.3) is 10.8 Å². The number of anilines is 1. The van der Waals surface area contributed by atoms with Crippen molar-refractivity contribution in [3.63, 3.8) is 0 Å². The monoisotopic (exact) mass is 383 g/mol. The average molecular weight is 383 g/mol. The predicted molar refractivity (Wildman–Crippen MR) is 106 cm³/mol. The molecule has 1 aliphatic rings. The van der Waals surface area contributed by atoms with Gasteiger partial charge in [-0.2, -0.15) is 0 Å². The Morgan fingerprint density at radius 2 is 1.78 bits per heavy atom. The van der Waals surface area contributed by atoms with Crippen molar-refractivity contribution in [2.24, 2.45) is 0 Å². The number of rotatable bonds is 2. The zero-order chi connectivity index (χ0) is 19.2. The fraction of sp³-hybridized carbons (Fsp3) is 0.238. The Hall–Kier alpha value is -2.57. The second-order valence-electron chi connectivity index (χ2n) is 6.93. The van der Waals surface area contributed by atoms with Crippen molar-refractivity contribution < 1.29 is 18.6 Å². The summed E-state index contributed by atoms with van der Waals surface area (Å²) in [4.78, 5) is 0.197. The van der Waals surface area contributed by atoms with Gasteiger partial charge in [0.25, 0.3) is 10.0 Å². The number of fused-ring (bicyclic) bond motifs is 2. The van der Waals surface area contributed by atoms with Crippen LogP contribution in [0.15, 0.2) is 59.5 Å². The third kappa shape index (κ3) is 2.95. The SMILES string of the molecule is Cc1ccc(S(=O)(=O)N2CCC[C@H](O)c3c2cc2ccccc2c3O)cc1. The van der Waals surface area contributed by atoms with E-state index < -0.39 is 16.1 Å². The fourth-order valence-corrected chi connectivity index (χ4v) is 5.16. The number of hydrogen-bond acceptors (Lipinski definition) is 4. The molecule has 5 nitrogen and oxygen atoms in total. The van der Waals surface area contributed by atoms with E-state index in [0.29, 0.717) is 23.9 Å². The summed E-state index contributed by atoms with van der Waals surface area (Å²) >= 11 is 0. The number of phenols is 1. The first kappa shape index (κ1) is 17.8. The van der Waals surface area contributed by atoms with Crippen LogP contribution < -0.4 is 4.31 Å². The number of hydrogen-bond donors (Lipinski definition) is 2. The number of sulfonamides is 1. The van der Waals surface area contributed by atoms with Crippen molar-refractivity contribution in [1.82, 2.24) is 0 Å². The van der Waals surface area contributed by atoms with Crippen LogP contribution in [0.2, 0.25) is 0 Å². The topological polar surface area (TPSA) is 77.8 Å².